The first-order valence-electron chi connectivity index (χ1n) is 12.1. The number of aromatic amines is 2. The Labute approximate surface area is 219 Å². The Hall–Kier alpha value is -4.98. The molecule has 2 aromatic heterocycles. The van der Waals surface area contributed by atoms with Crippen molar-refractivity contribution in [1.82, 2.24) is 19.9 Å². The van der Waals surface area contributed by atoms with Crippen LogP contribution in [0, 0.1) is 0 Å². The van der Waals surface area contributed by atoms with Crippen LogP contribution in [-0.4, -0.2) is 46.1 Å². The van der Waals surface area contributed by atoms with Crippen molar-refractivity contribution in [3.63, 3.8) is 0 Å². The van der Waals surface area contributed by atoms with Gasteiger partial charge in [-0.3, -0.25) is 9.59 Å². The number of rotatable bonds is 8. The van der Waals surface area contributed by atoms with Gasteiger partial charge >= 0.3 is 11.9 Å². The van der Waals surface area contributed by atoms with E-state index in [4.69, 9.17) is 19.4 Å². The lowest BCUT2D eigenvalue weighted by Crippen LogP contribution is -2.05. The molecular weight excluding hydrogens is 480 g/mol. The van der Waals surface area contributed by atoms with Crippen LogP contribution in [-0.2, 0) is 31.9 Å². The number of ether oxygens (including phenoxy) is 2. The van der Waals surface area contributed by atoms with E-state index >= 15 is 0 Å². The highest BCUT2D eigenvalue weighted by molar-refractivity contribution is 5.78. The molecule has 2 N–H and O–H groups in total. The highest BCUT2D eigenvalue weighted by atomic mass is 16.5. The number of nitrogens with one attached hydrogen (secondary N) is 2. The average Bonchev–Trinajstić information content (AvgIpc) is 3.64. The second-order valence-corrected chi connectivity index (χ2v) is 8.67. The third-order valence-corrected chi connectivity index (χ3v) is 6.28. The Morgan fingerprint density at radius 1 is 0.658 bits per heavy atom. The van der Waals surface area contributed by atoms with Crippen molar-refractivity contribution in [3.8, 4) is 45.3 Å². The molecule has 0 unspecified atom stereocenters. The Morgan fingerprint density at radius 3 is 1.55 bits per heavy atom. The van der Waals surface area contributed by atoms with E-state index in [0.29, 0.717) is 11.6 Å². The van der Waals surface area contributed by atoms with E-state index in [0.717, 1.165) is 44.8 Å². The zero-order valence-corrected chi connectivity index (χ0v) is 21.0. The van der Waals surface area contributed by atoms with Crippen LogP contribution in [0.2, 0.25) is 0 Å². The molecule has 8 nitrogen and oxygen atoms in total. The maximum Gasteiger partial charge on any atom is 0.310 e. The molecule has 0 radical (unpaired) electrons. The smallest absolute Gasteiger partial charge is 0.310 e. The van der Waals surface area contributed by atoms with Gasteiger partial charge in [-0.15, -0.1) is 0 Å². The SMILES string of the molecule is COC(=O)Cc1ccccc1-c1nc(-c2cccc(-c3c[nH]c(-c4ccccc4CC(=O)OC)n3)c2)c[nH]1. The number of hydrogen-bond donors (Lipinski definition) is 2. The molecule has 8 heteroatoms. The fraction of sp³-hybridized carbons (Fsp3) is 0.133. The molecule has 0 aliphatic carbocycles. The summed E-state index contributed by atoms with van der Waals surface area (Å²) in [6.45, 7) is 0. The second-order valence-electron chi connectivity index (χ2n) is 8.67. The van der Waals surface area contributed by atoms with E-state index in [1.165, 1.54) is 14.2 Å². The predicted molar refractivity (Wildman–Crippen MR) is 144 cm³/mol. The maximum absolute atomic E-state index is 11.9. The summed E-state index contributed by atoms with van der Waals surface area (Å²) in [7, 11) is 2.76. The summed E-state index contributed by atoms with van der Waals surface area (Å²) < 4.78 is 9.67. The lowest BCUT2D eigenvalue weighted by atomic mass is 10.0. The van der Waals surface area contributed by atoms with Gasteiger partial charge in [-0.1, -0.05) is 66.7 Å². The van der Waals surface area contributed by atoms with E-state index in [1.54, 1.807) is 0 Å². The van der Waals surface area contributed by atoms with Gasteiger partial charge in [0.2, 0.25) is 0 Å². The molecule has 3 aromatic carbocycles. The zero-order chi connectivity index (χ0) is 26.5. The van der Waals surface area contributed by atoms with Gasteiger partial charge in [-0.2, -0.15) is 0 Å². The van der Waals surface area contributed by atoms with E-state index in [-0.39, 0.29) is 24.8 Å². The first-order valence-corrected chi connectivity index (χ1v) is 12.1. The van der Waals surface area contributed by atoms with Gasteiger partial charge in [0.15, 0.2) is 0 Å². The van der Waals surface area contributed by atoms with Crippen LogP contribution in [0.25, 0.3) is 45.3 Å². The van der Waals surface area contributed by atoms with Gasteiger partial charge in [-0.25, -0.2) is 9.97 Å². The van der Waals surface area contributed by atoms with E-state index < -0.39 is 0 Å². The molecule has 2 heterocycles. The van der Waals surface area contributed by atoms with Gasteiger partial charge in [0, 0.05) is 34.6 Å². The topological polar surface area (TPSA) is 110 Å². The molecule has 0 spiro atoms. The molecule has 0 aliphatic heterocycles. The standard InChI is InChI=1S/C30H26N4O4/c1-37-27(35)15-19-8-3-5-12-23(19)29-31-17-25(33-29)21-10-7-11-22(14-21)26-18-32-30(34-26)24-13-6-4-9-20(24)16-28(36)38-2/h3-14,17-18H,15-16H2,1-2H3,(H,31,33)(H,32,34). The predicted octanol–water partition coefficient (Wildman–Crippen LogP) is 5.23. The molecular formula is C30H26N4O4. The molecule has 0 amide bonds. The van der Waals surface area contributed by atoms with Crippen molar-refractivity contribution in [2.45, 2.75) is 12.8 Å². The van der Waals surface area contributed by atoms with Crippen molar-refractivity contribution >= 4 is 11.9 Å². The molecule has 0 saturated heterocycles. The van der Waals surface area contributed by atoms with Crippen LogP contribution in [0.5, 0.6) is 0 Å². The molecule has 0 saturated carbocycles. The number of hydrogen-bond acceptors (Lipinski definition) is 6. The first kappa shape index (κ1) is 24.7. The van der Waals surface area contributed by atoms with Crippen molar-refractivity contribution in [3.05, 3.63) is 96.3 Å². The number of H-pyrrole nitrogens is 2. The monoisotopic (exact) mass is 506 g/mol. The Kier molecular flexibility index (Phi) is 7.13. The van der Waals surface area contributed by atoms with Crippen molar-refractivity contribution < 1.29 is 19.1 Å². The van der Waals surface area contributed by atoms with E-state index in [2.05, 4.69) is 9.97 Å². The lowest BCUT2D eigenvalue weighted by molar-refractivity contribution is -0.140. The first-order chi connectivity index (χ1) is 18.6. The van der Waals surface area contributed by atoms with Crippen LogP contribution >= 0.6 is 0 Å². The third-order valence-electron chi connectivity index (χ3n) is 6.28. The van der Waals surface area contributed by atoms with Gasteiger partial charge in [-0.05, 0) is 17.2 Å². The van der Waals surface area contributed by atoms with Crippen LogP contribution in [0.3, 0.4) is 0 Å². The number of carbonyl (C=O) groups excluding carboxylic acids is 2. The van der Waals surface area contributed by atoms with E-state index in [1.807, 2.05) is 85.2 Å². The summed E-state index contributed by atoms with van der Waals surface area (Å²) in [6.07, 6.45) is 4.04. The molecule has 190 valence electrons. The Bertz CT molecular complexity index is 1490. The van der Waals surface area contributed by atoms with Gasteiger partial charge in [0.1, 0.15) is 11.6 Å². The molecule has 0 fully saturated rings. The fourth-order valence-electron chi connectivity index (χ4n) is 4.32. The minimum absolute atomic E-state index is 0.169. The van der Waals surface area contributed by atoms with Crippen molar-refractivity contribution in [2.75, 3.05) is 14.2 Å². The molecule has 38 heavy (non-hydrogen) atoms. The van der Waals surface area contributed by atoms with Crippen LogP contribution in [0.15, 0.2) is 85.2 Å². The lowest BCUT2D eigenvalue weighted by Gasteiger charge is -2.06. The van der Waals surface area contributed by atoms with Crippen molar-refractivity contribution in [2.24, 2.45) is 0 Å². The molecule has 5 aromatic rings. The third kappa shape index (κ3) is 5.24. The second kappa shape index (κ2) is 11.0. The van der Waals surface area contributed by atoms with E-state index in [9.17, 15) is 9.59 Å². The van der Waals surface area contributed by atoms with Crippen LogP contribution in [0.1, 0.15) is 11.1 Å². The Balaban J connectivity index is 1.42. The largest absolute Gasteiger partial charge is 0.469 e. The summed E-state index contributed by atoms with van der Waals surface area (Å²) in [6, 6.07) is 23.2. The molecule has 0 atom stereocenters. The highest BCUT2D eigenvalue weighted by Gasteiger charge is 2.15. The number of esters is 2. The summed E-state index contributed by atoms with van der Waals surface area (Å²) >= 11 is 0. The molecule has 0 bridgehead atoms. The van der Waals surface area contributed by atoms with Crippen LogP contribution < -0.4 is 0 Å². The van der Waals surface area contributed by atoms with Gasteiger partial charge in [0.05, 0.1) is 38.4 Å². The fourth-order valence-corrected chi connectivity index (χ4v) is 4.32. The molecule has 0 aliphatic rings. The summed E-state index contributed by atoms with van der Waals surface area (Å²) in [5.41, 5.74) is 6.77. The number of nitrogens with zero attached hydrogens (tertiary/aromatic N) is 2. The highest BCUT2D eigenvalue weighted by Crippen LogP contribution is 2.30. The number of methoxy groups -OCH3 is 2. The summed E-state index contributed by atoms with van der Waals surface area (Å²) in [5.74, 6) is 0.745. The number of benzene rings is 3. The van der Waals surface area contributed by atoms with Crippen LogP contribution in [0.4, 0.5) is 0 Å². The average molecular weight is 507 g/mol. The Morgan fingerprint density at radius 2 is 1.11 bits per heavy atom. The van der Waals surface area contributed by atoms with Gasteiger partial charge in [0.25, 0.3) is 0 Å². The minimum Gasteiger partial charge on any atom is -0.469 e. The summed E-state index contributed by atoms with van der Waals surface area (Å²) in [5, 5.41) is 0. The summed E-state index contributed by atoms with van der Waals surface area (Å²) in [4.78, 5) is 39.8. The zero-order valence-electron chi connectivity index (χ0n) is 21.0. The maximum atomic E-state index is 11.9. The van der Waals surface area contributed by atoms with Gasteiger partial charge < -0.3 is 19.4 Å². The number of carbonyl (C=O) groups is 2. The minimum atomic E-state index is -0.303. The normalized spacial score (nSPS) is 10.8. The molecule has 5 rings (SSSR count). The van der Waals surface area contributed by atoms with Crippen molar-refractivity contribution in [1.29, 1.82) is 0 Å². The number of imidazole rings is 2. The number of aromatic nitrogens is 4. The quantitative estimate of drug-likeness (QED) is 0.279.